The van der Waals surface area contributed by atoms with Crippen LogP contribution in [-0.2, 0) is 16.1 Å². The average molecular weight is 370 g/mol. The minimum atomic E-state index is -1.05. The first-order valence-electron chi connectivity index (χ1n) is 8.60. The van der Waals surface area contributed by atoms with E-state index in [0.717, 1.165) is 5.39 Å². The van der Waals surface area contributed by atoms with E-state index in [4.69, 9.17) is 13.9 Å². The third-order valence-electron chi connectivity index (χ3n) is 4.12. The third kappa shape index (κ3) is 4.06. The van der Waals surface area contributed by atoms with Crippen LogP contribution in [-0.4, -0.2) is 24.5 Å². The van der Waals surface area contributed by atoms with Crippen molar-refractivity contribution in [1.29, 1.82) is 0 Å². The van der Waals surface area contributed by atoms with Gasteiger partial charge in [-0.05, 0) is 44.2 Å². The van der Waals surface area contributed by atoms with Gasteiger partial charge in [0.1, 0.15) is 11.4 Å². The van der Waals surface area contributed by atoms with Gasteiger partial charge in [-0.2, -0.15) is 0 Å². The SMILES string of the molecule is CCOCc1c(C(=O)O[C@@H](C)C(=O)c2ccc(F)cc2)oc2ccccc12. The number of para-hydroxylation sites is 1. The quantitative estimate of drug-likeness (QED) is 0.451. The predicted octanol–water partition coefficient (Wildman–Crippen LogP) is 4.54. The number of halogens is 1. The Kier molecular flexibility index (Phi) is 5.66. The van der Waals surface area contributed by atoms with Gasteiger partial charge in [0.2, 0.25) is 11.5 Å². The fourth-order valence-corrected chi connectivity index (χ4v) is 2.73. The van der Waals surface area contributed by atoms with Crippen LogP contribution >= 0.6 is 0 Å². The summed E-state index contributed by atoms with van der Waals surface area (Å²) in [7, 11) is 0. The zero-order chi connectivity index (χ0) is 19.4. The molecule has 6 heteroatoms. The van der Waals surface area contributed by atoms with Gasteiger partial charge in [0, 0.05) is 23.1 Å². The Balaban J connectivity index is 1.82. The molecule has 27 heavy (non-hydrogen) atoms. The van der Waals surface area contributed by atoms with Gasteiger partial charge in [-0.1, -0.05) is 18.2 Å². The van der Waals surface area contributed by atoms with Crippen LogP contribution in [0.3, 0.4) is 0 Å². The van der Waals surface area contributed by atoms with E-state index in [-0.39, 0.29) is 17.9 Å². The number of esters is 1. The first-order valence-corrected chi connectivity index (χ1v) is 8.60. The fourth-order valence-electron chi connectivity index (χ4n) is 2.73. The van der Waals surface area contributed by atoms with Crippen molar-refractivity contribution in [2.24, 2.45) is 0 Å². The second-order valence-corrected chi connectivity index (χ2v) is 5.96. The van der Waals surface area contributed by atoms with Crippen LogP contribution in [0.1, 0.15) is 40.3 Å². The molecule has 5 nitrogen and oxygen atoms in total. The number of ketones is 1. The highest BCUT2D eigenvalue weighted by molar-refractivity contribution is 6.02. The normalized spacial score (nSPS) is 12.1. The molecule has 0 aliphatic carbocycles. The molecule has 1 atom stereocenters. The fraction of sp³-hybridized carbons (Fsp3) is 0.238. The van der Waals surface area contributed by atoms with Gasteiger partial charge >= 0.3 is 5.97 Å². The van der Waals surface area contributed by atoms with E-state index in [1.165, 1.54) is 31.2 Å². The minimum Gasteiger partial charge on any atom is -0.449 e. The van der Waals surface area contributed by atoms with Gasteiger partial charge in [-0.15, -0.1) is 0 Å². The lowest BCUT2D eigenvalue weighted by molar-refractivity contribution is 0.0285. The summed E-state index contributed by atoms with van der Waals surface area (Å²) >= 11 is 0. The van der Waals surface area contributed by atoms with Crippen LogP contribution < -0.4 is 0 Å². The molecular formula is C21H19FO5. The molecule has 0 N–H and O–H groups in total. The Morgan fingerprint density at radius 2 is 1.81 bits per heavy atom. The standard InChI is InChI=1S/C21H19FO5/c1-3-25-12-17-16-6-4-5-7-18(16)27-20(17)21(24)26-13(2)19(23)14-8-10-15(22)11-9-14/h4-11,13H,3,12H2,1-2H3/t13-/m0/s1. The summed E-state index contributed by atoms with van der Waals surface area (Å²) in [5, 5.41) is 0.760. The number of rotatable bonds is 7. The van der Waals surface area contributed by atoms with Crippen LogP contribution in [0.2, 0.25) is 0 Å². The van der Waals surface area contributed by atoms with Gasteiger partial charge in [0.05, 0.1) is 6.61 Å². The Labute approximate surface area is 155 Å². The summed E-state index contributed by atoms with van der Waals surface area (Å²) in [6, 6.07) is 12.3. The van der Waals surface area contributed by atoms with Crippen LogP contribution in [0.15, 0.2) is 52.9 Å². The molecular weight excluding hydrogens is 351 g/mol. The lowest BCUT2D eigenvalue weighted by Gasteiger charge is -2.12. The lowest BCUT2D eigenvalue weighted by atomic mass is 10.1. The van der Waals surface area contributed by atoms with E-state index in [0.29, 0.717) is 17.8 Å². The van der Waals surface area contributed by atoms with E-state index < -0.39 is 23.7 Å². The van der Waals surface area contributed by atoms with Crippen molar-refractivity contribution in [2.45, 2.75) is 26.6 Å². The van der Waals surface area contributed by atoms with E-state index >= 15 is 0 Å². The summed E-state index contributed by atoms with van der Waals surface area (Å²) in [6.45, 7) is 3.99. The minimum absolute atomic E-state index is 0.0170. The molecule has 1 aromatic heterocycles. The molecule has 0 fully saturated rings. The molecule has 0 saturated carbocycles. The maximum atomic E-state index is 13.0. The summed E-state index contributed by atoms with van der Waals surface area (Å²) in [6.07, 6.45) is -1.05. The molecule has 0 aliphatic heterocycles. The zero-order valence-electron chi connectivity index (χ0n) is 15.0. The number of furan rings is 1. The Morgan fingerprint density at radius 1 is 1.11 bits per heavy atom. The third-order valence-corrected chi connectivity index (χ3v) is 4.12. The molecule has 0 unspecified atom stereocenters. The zero-order valence-corrected chi connectivity index (χ0v) is 15.0. The molecule has 3 aromatic rings. The molecule has 2 aromatic carbocycles. The van der Waals surface area contributed by atoms with Crippen LogP contribution in [0.4, 0.5) is 4.39 Å². The number of Topliss-reactive ketones (excluding diaryl/α,β-unsaturated/α-hetero) is 1. The predicted molar refractivity (Wildman–Crippen MR) is 97.2 cm³/mol. The molecule has 3 rings (SSSR count). The van der Waals surface area contributed by atoms with E-state index in [2.05, 4.69) is 0 Å². The Bertz CT molecular complexity index is 958. The Morgan fingerprint density at radius 3 is 2.52 bits per heavy atom. The largest absolute Gasteiger partial charge is 0.449 e. The number of hydrogen-bond acceptors (Lipinski definition) is 5. The molecule has 0 bridgehead atoms. The second-order valence-electron chi connectivity index (χ2n) is 5.96. The highest BCUT2D eigenvalue weighted by Crippen LogP contribution is 2.27. The van der Waals surface area contributed by atoms with Gasteiger partial charge in [0.25, 0.3) is 0 Å². The molecule has 0 saturated heterocycles. The van der Waals surface area contributed by atoms with Crippen molar-refractivity contribution in [1.82, 2.24) is 0 Å². The molecule has 0 aliphatic rings. The molecule has 1 heterocycles. The number of carbonyl (C=O) groups excluding carboxylic acids is 2. The van der Waals surface area contributed by atoms with E-state index in [1.807, 2.05) is 19.1 Å². The molecule has 0 radical (unpaired) electrons. The van der Waals surface area contributed by atoms with Gasteiger partial charge in [-0.25, -0.2) is 9.18 Å². The first-order chi connectivity index (χ1) is 13.0. The van der Waals surface area contributed by atoms with E-state index in [1.54, 1.807) is 12.1 Å². The lowest BCUT2D eigenvalue weighted by Crippen LogP contribution is -2.24. The van der Waals surface area contributed by atoms with Gasteiger partial charge in [-0.3, -0.25) is 4.79 Å². The molecule has 140 valence electrons. The van der Waals surface area contributed by atoms with Crippen LogP contribution in [0.25, 0.3) is 11.0 Å². The molecule has 0 amide bonds. The summed E-state index contributed by atoms with van der Waals surface area (Å²) in [5.41, 5.74) is 1.38. The van der Waals surface area contributed by atoms with Crippen molar-refractivity contribution >= 4 is 22.7 Å². The van der Waals surface area contributed by atoms with Crippen molar-refractivity contribution in [3.05, 3.63) is 71.2 Å². The highest BCUT2D eigenvalue weighted by atomic mass is 19.1. The Hall–Kier alpha value is -2.99. The summed E-state index contributed by atoms with van der Waals surface area (Å²) < 4.78 is 29.4. The van der Waals surface area contributed by atoms with Crippen molar-refractivity contribution in [3.63, 3.8) is 0 Å². The molecule has 0 spiro atoms. The van der Waals surface area contributed by atoms with Gasteiger partial charge in [0.15, 0.2) is 6.10 Å². The monoisotopic (exact) mass is 370 g/mol. The van der Waals surface area contributed by atoms with E-state index in [9.17, 15) is 14.0 Å². The van der Waals surface area contributed by atoms with Crippen LogP contribution in [0.5, 0.6) is 0 Å². The number of carbonyl (C=O) groups is 2. The number of benzene rings is 2. The van der Waals surface area contributed by atoms with Crippen molar-refractivity contribution in [3.8, 4) is 0 Å². The van der Waals surface area contributed by atoms with Crippen molar-refractivity contribution in [2.75, 3.05) is 6.61 Å². The maximum Gasteiger partial charge on any atom is 0.375 e. The summed E-state index contributed by atoms with van der Waals surface area (Å²) in [5.74, 6) is -1.60. The smallest absolute Gasteiger partial charge is 0.375 e. The second kappa shape index (κ2) is 8.14. The first kappa shape index (κ1) is 18.8. The summed E-state index contributed by atoms with van der Waals surface area (Å²) in [4.78, 5) is 25.0. The van der Waals surface area contributed by atoms with Gasteiger partial charge < -0.3 is 13.9 Å². The topological polar surface area (TPSA) is 65.7 Å². The number of fused-ring (bicyclic) bond motifs is 1. The number of ether oxygens (including phenoxy) is 2. The van der Waals surface area contributed by atoms with Crippen molar-refractivity contribution < 1.29 is 27.9 Å². The highest BCUT2D eigenvalue weighted by Gasteiger charge is 2.26. The number of hydrogen-bond donors (Lipinski definition) is 0. The average Bonchev–Trinajstić information content (AvgIpc) is 3.05. The van der Waals surface area contributed by atoms with Crippen LogP contribution in [0, 0.1) is 5.82 Å². The maximum absolute atomic E-state index is 13.0.